The molecule has 1 amide bonds. The molecule has 4 heterocycles. The molecule has 1 aromatic heterocycles. The maximum absolute atomic E-state index is 13.6. The minimum atomic E-state index is -5.04. The average Bonchev–Trinajstić information content (AvgIpc) is 3.34. The van der Waals surface area contributed by atoms with Gasteiger partial charge in [-0.05, 0) is 63.4 Å². The van der Waals surface area contributed by atoms with E-state index in [1.54, 1.807) is 20.0 Å². The number of carbonyl (C=O) groups is 2. The van der Waals surface area contributed by atoms with Crippen LogP contribution in [0.2, 0.25) is 0 Å². The Morgan fingerprint density at radius 3 is 2.18 bits per heavy atom. The molecule has 2 unspecified atom stereocenters. The number of alkyl halides is 6. The number of benzene rings is 1. The summed E-state index contributed by atoms with van der Waals surface area (Å²) in [6.45, 7) is 9.90. The molecule has 1 aromatic carbocycles. The molecule has 2 aromatic rings. The van der Waals surface area contributed by atoms with E-state index in [9.17, 15) is 35.9 Å². The third kappa shape index (κ3) is 8.51. The summed E-state index contributed by atoms with van der Waals surface area (Å²) in [5.74, 6) is 0.336. The minimum absolute atomic E-state index is 0.0414. The number of hydrogen-bond donors (Lipinski definition) is 0. The fourth-order valence-corrected chi connectivity index (χ4v) is 6.66. The van der Waals surface area contributed by atoms with Crippen LogP contribution in [0.15, 0.2) is 30.5 Å². The van der Waals surface area contributed by atoms with Crippen molar-refractivity contribution in [2.45, 2.75) is 70.7 Å². The smallest absolute Gasteiger partial charge is 0.416 e. The molecule has 3 fully saturated rings. The van der Waals surface area contributed by atoms with E-state index in [2.05, 4.69) is 9.80 Å². The first kappa shape index (κ1) is 36.5. The molecule has 0 bridgehead atoms. The lowest BCUT2D eigenvalue weighted by Gasteiger charge is -2.38. The first-order valence-electron chi connectivity index (χ1n) is 16.4. The number of ether oxygens (including phenoxy) is 3. The summed E-state index contributed by atoms with van der Waals surface area (Å²) < 4.78 is 97.9. The van der Waals surface area contributed by atoms with Crippen LogP contribution in [0.4, 0.5) is 42.6 Å². The second-order valence-corrected chi connectivity index (χ2v) is 12.4. The Balaban J connectivity index is 1.43. The summed E-state index contributed by atoms with van der Waals surface area (Å²) in [6.07, 6.45) is -9.03. The summed E-state index contributed by atoms with van der Waals surface area (Å²) in [5.41, 5.74) is -1.91. The van der Waals surface area contributed by atoms with Gasteiger partial charge in [-0.25, -0.2) is 9.78 Å². The molecule has 3 aliphatic rings. The van der Waals surface area contributed by atoms with Crippen LogP contribution in [0.1, 0.15) is 62.0 Å². The van der Waals surface area contributed by atoms with Gasteiger partial charge in [-0.15, -0.1) is 0 Å². The van der Waals surface area contributed by atoms with Gasteiger partial charge in [0.15, 0.2) is 0 Å². The van der Waals surface area contributed by atoms with E-state index in [1.807, 2.05) is 17.9 Å². The van der Waals surface area contributed by atoms with E-state index in [0.717, 1.165) is 18.5 Å². The zero-order chi connectivity index (χ0) is 35.5. The van der Waals surface area contributed by atoms with Crippen molar-refractivity contribution in [3.05, 3.63) is 52.7 Å². The van der Waals surface area contributed by atoms with E-state index >= 15 is 0 Å². The van der Waals surface area contributed by atoms with Crippen molar-refractivity contribution in [3.63, 3.8) is 0 Å². The van der Waals surface area contributed by atoms with Crippen LogP contribution >= 0.6 is 0 Å². The maximum atomic E-state index is 13.6. The monoisotopic (exact) mass is 701 g/mol. The number of halogens is 6. The summed E-state index contributed by atoms with van der Waals surface area (Å²) in [7, 11) is 0. The van der Waals surface area contributed by atoms with Crippen molar-refractivity contribution in [1.29, 1.82) is 0 Å². The molecule has 2 atom stereocenters. The number of carbonyl (C=O) groups excluding carboxylic acids is 2. The van der Waals surface area contributed by atoms with E-state index < -0.39 is 47.3 Å². The summed E-state index contributed by atoms with van der Waals surface area (Å²) in [4.78, 5) is 37.7. The lowest BCUT2D eigenvalue weighted by Crippen LogP contribution is -2.48. The zero-order valence-corrected chi connectivity index (χ0v) is 27.6. The number of rotatable bonds is 10. The van der Waals surface area contributed by atoms with Crippen LogP contribution in [-0.2, 0) is 37.9 Å². The standard InChI is InChI=1S/C33H41F6N5O5/c1-4-43(26-6-12-47-13-7-26)30-23(16-27(18-40-30)42-10-8-41(9-11-42)20-28(45)48-5-2)19-44-21(3)29(49-31(44)46)22-14-24(32(34,35)36)17-25(15-22)33(37,38)39/h14-18,21,26,29H,4-13,19-20H2,1-3H3. The van der Waals surface area contributed by atoms with E-state index in [0.29, 0.717) is 76.1 Å². The summed E-state index contributed by atoms with van der Waals surface area (Å²) in [6, 6.07) is 2.39. The second-order valence-electron chi connectivity index (χ2n) is 12.4. The number of pyridine rings is 1. The van der Waals surface area contributed by atoms with Crippen LogP contribution in [0, 0.1) is 0 Å². The normalized spacial score (nSPS) is 21.2. The molecule has 5 rings (SSSR count). The van der Waals surface area contributed by atoms with Crippen molar-refractivity contribution in [2.75, 3.05) is 68.9 Å². The molecule has 0 spiro atoms. The summed E-state index contributed by atoms with van der Waals surface area (Å²) >= 11 is 0. The highest BCUT2D eigenvalue weighted by molar-refractivity contribution is 5.72. The first-order chi connectivity index (χ1) is 23.2. The molecule has 0 radical (unpaired) electrons. The Bertz CT molecular complexity index is 1440. The van der Waals surface area contributed by atoms with Crippen LogP contribution in [0.5, 0.6) is 0 Å². The maximum Gasteiger partial charge on any atom is 0.416 e. The number of hydrogen-bond acceptors (Lipinski definition) is 9. The number of esters is 1. The number of cyclic esters (lactones) is 1. The lowest BCUT2D eigenvalue weighted by atomic mass is 9.97. The number of aromatic nitrogens is 1. The Morgan fingerprint density at radius 2 is 1.61 bits per heavy atom. The van der Waals surface area contributed by atoms with Gasteiger partial charge in [0.2, 0.25) is 0 Å². The fourth-order valence-electron chi connectivity index (χ4n) is 6.66. The molecular formula is C33H41F6N5O5. The van der Waals surface area contributed by atoms with Crippen molar-refractivity contribution in [3.8, 4) is 0 Å². The zero-order valence-electron chi connectivity index (χ0n) is 27.6. The molecule has 3 aliphatic heterocycles. The van der Waals surface area contributed by atoms with E-state index in [4.69, 9.17) is 19.2 Å². The van der Waals surface area contributed by atoms with Gasteiger partial charge in [-0.3, -0.25) is 14.6 Å². The van der Waals surface area contributed by atoms with Gasteiger partial charge in [0.05, 0.1) is 48.7 Å². The van der Waals surface area contributed by atoms with Gasteiger partial charge >= 0.3 is 24.4 Å². The molecular weight excluding hydrogens is 660 g/mol. The average molecular weight is 702 g/mol. The predicted molar refractivity (Wildman–Crippen MR) is 167 cm³/mol. The van der Waals surface area contributed by atoms with Crippen LogP contribution in [0.3, 0.4) is 0 Å². The molecule has 3 saturated heterocycles. The molecule has 0 N–H and O–H groups in total. The topological polar surface area (TPSA) is 87.7 Å². The molecule has 0 aliphatic carbocycles. The predicted octanol–water partition coefficient (Wildman–Crippen LogP) is 5.89. The molecule has 270 valence electrons. The van der Waals surface area contributed by atoms with Crippen molar-refractivity contribution in [2.24, 2.45) is 0 Å². The van der Waals surface area contributed by atoms with Gasteiger partial charge < -0.3 is 24.0 Å². The third-order valence-corrected chi connectivity index (χ3v) is 9.24. The quantitative estimate of drug-likeness (QED) is 0.222. The van der Waals surface area contributed by atoms with Crippen LogP contribution < -0.4 is 9.80 Å². The number of anilines is 2. The number of piperazine rings is 1. The Labute approximate surface area is 280 Å². The van der Waals surface area contributed by atoms with E-state index in [-0.39, 0.29) is 31.2 Å². The minimum Gasteiger partial charge on any atom is -0.465 e. The van der Waals surface area contributed by atoms with Crippen molar-refractivity contribution >= 4 is 23.6 Å². The van der Waals surface area contributed by atoms with Gasteiger partial charge in [0.1, 0.15) is 11.9 Å². The number of amides is 1. The number of nitrogens with zero attached hydrogens (tertiary/aromatic N) is 5. The molecule has 49 heavy (non-hydrogen) atoms. The SMILES string of the molecule is CCOC(=O)CN1CCN(c2cnc(N(CC)C3CCOCC3)c(CN3C(=O)OC(c4cc(C(F)(F)F)cc(C(F)(F)F)c4)C3C)c2)CC1. The lowest BCUT2D eigenvalue weighted by molar-refractivity contribution is -0.145. The van der Waals surface area contributed by atoms with E-state index in [1.165, 1.54) is 4.90 Å². The highest BCUT2D eigenvalue weighted by Crippen LogP contribution is 2.41. The van der Waals surface area contributed by atoms with Crippen molar-refractivity contribution < 1.29 is 50.1 Å². The molecule has 10 nitrogen and oxygen atoms in total. The second kappa shape index (κ2) is 15.0. The van der Waals surface area contributed by atoms with Gasteiger partial charge in [0.25, 0.3) is 0 Å². The van der Waals surface area contributed by atoms with Gasteiger partial charge in [-0.1, -0.05) is 0 Å². The molecule has 16 heteroatoms. The largest absolute Gasteiger partial charge is 0.465 e. The van der Waals surface area contributed by atoms with Crippen LogP contribution in [0.25, 0.3) is 0 Å². The fraction of sp³-hybridized carbons (Fsp3) is 0.606. The van der Waals surface area contributed by atoms with Gasteiger partial charge in [0, 0.05) is 57.5 Å². The summed E-state index contributed by atoms with van der Waals surface area (Å²) in [5, 5.41) is 0. The van der Waals surface area contributed by atoms with Crippen molar-refractivity contribution in [1.82, 2.24) is 14.8 Å². The highest BCUT2D eigenvalue weighted by atomic mass is 19.4. The Morgan fingerprint density at radius 1 is 0.980 bits per heavy atom. The highest BCUT2D eigenvalue weighted by Gasteiger charge is 2.44. The third-order valence-electron chi connectivity index (χ3n) is 9.24. The molecule has 0 saturated carbocycles. The van der Waals surface area contributed by atoms with Gasteiger partial charge in [-0.2, -0.15) is 26.3 Å². The Hall–Kier alpha value is -3.79. The Kier molecular flexibility index (Phi) is 11.2. The van der Waals surface area contributed by atoms with Crippen LogP contribution in [-0.4, -0.2) is 98.0 Å². The first-order valence-corrected chi connectivity index (χ1v) is 16.4.